The Hall–Kier alpha value is -1.54. The molecule has 0 bridgehead atoms. The third kappa shape index (κ3) is 2.21. The molecule has 2 N–H and O–H groups in total. The number of carbonyl (C=O) groups excluding carboxylic acids is 1. The molecule has 0 spiro atoms. The highest BCUT2D eigenvalue weighted by molar-refractivity contribution is 7.85. The minimum Gasteiger partial charge on any atom is -0.397 e. The van der Waals surface area contributed by atoms with Gasteiger partial charge in [0.05, 0.1) is 11.9 Å². The average Bonchev–Trinajstić information content (AvgIpc) is 2.77. The van der Waals surface area contributed by atoms with E-state index in [9.17, 15) is 9.00 Å². The molecule has 3 heterocycles. The van der Waals surface area contributed by atoms with Gasteiger partial charge in [0.15, 0.2) is 0 Å². The summed E-state index contributed by atoms with van der Waals surface area (Å²) in [5, 5.41) is 8.53. The lowest BCUT2D eigenvalue weighted by Crippen LogP contribution is -2.41. The predicted octanol–water partition coefficient (Wildman–Crippen LogP) is 0.478. The van der Waals surface area contributed by atoms with Crippen LogP contribution in [0.4, 0.5) is 5.69 Å². The Morgan fingerprint density at radius 3 is 2.84 bits per heavy atom. The molecule has 6 nitrogen and oxygen atoms in total. The zero-order valence-corrected chi connectivity index (χ0v) is 11.7. The molecular formula is C11H12N4O2S2. The monoisotopic (exact) mass is 296 g/mol. The fraction of sp³-hybridized carbons (Fsp3) is 0.364. The lowest BCUT2D eigenvalue weighted by Gasteiger charge is -2.25. The fourth-order valence-corrected chi connectivity index (χ4v) is 4.07. The molecule has 1 aliphatic heterocycles. The van der Waals surface area contributed by atoms with Crippen LogP contribution in [0.2, 0.25) is 0 Å². The molecule has 100 valence electrons. The van der Waals surface area contributed by atoms with Crippen LogP contribution in [0.1, 0.15) is 9.67 Å². The Morgan fingerprint density at radius 2 is 2.16 bits per heavy atom. The average molecular weight is 296 g/mol. The molecule has 2 aromatic heterocycles. The van der Waals surface area contributed by atoms with Crippen molar-refractivity contribution < 1.29 is 9.00 Å². The molecule has 0 aromatic carbocycles. The summed E-state index contributed by atoms with van der Waals surface area (Å²) in [6.07, 6.45) is 1.56. The summed E-state index contributed by atoms with van der Waals surface area (Å²) in [6, 6.07) is 1.76. The molecule has 1 amide bonds. The van der Waals surface area contributed by atoms with Gasteiger partial charge in [0.2, 0.25) is 0 Å². The van der Waals surface area contributed by atoms with Crippen LogP contribution in [0.15, 0.2) is 12.3 Å². The van der Waals surface area contributed by atoms with Gasteiger partial charge in [-0.05, 0) is 6.07 Å². The molecule has 8 heteroatoms. The first kappa shape index (κ1) is 12.5. The van der Waals surface area contributed by atoms with Gasteiger partial charge in [-0.3, -0.25) is 9.00 Å². The van der Waals surface area contributed by atoms with E-state index in [1.807, 2.05) is 0 Å². The summed E-state index contributed by atoms with van der Waals surface area (Å²) in [7, 11) is -0.798. The first-order valence-electron chi connectivity index (χ1n) is 5.80. The van der Waals surface area contributed by atoms with Gasteiger partial charge >= 0.3 is 0 Å². The third-order valence-electron chi connectivity index (χ3n) is 3.08. The highest BCUT2D eigenvalue weighted by Crippen LogP contribution is 2.32. The summed E-state index contributed by atoms with van der Waals surface area (Å²) in [4.78, 5) is 15.3. The van der Waals surface area contributed by atoms with Crippen molar-refractivity contribution in [1.82, 2.24) is 15.1 Å². The van der Waals surface area contributed by atoms with E-state index in [2.05, 4.69) is 10.2 Å². The summed E-state index contributed by atoms with van der Waals surface area (Å²) >= 11 is 1.26. The maximum atomic E-state index is 12.4. The number of hydrogen-bond acceptors (Lipinski definition) is 6. The minimum atomic E-state index is -0.798. The van der Waals surface area contributed by atoms with Gasteiger partial charge in [0, 0.05) is 40.8 Å². The van der Waals surface area contributed by atoms with Crippen LogP contribution in [0.25, 0.3) is 10.2 Å². The molecule has 1 saturated heterocycles. The fourth-order valence-electron chi connectivity index (χ4n) is 2.02. The largest absolute Gasteiger partial charge is 0.397 e. The van der Waals surface area contributed by atoms with Crippen molar-refractivity contribution in [2.45, 2.75) is 0 Å². The van der Waals surface area contributed by atoms with Gasteiger partial charge in [-0.15, -0.1) is 16.4 Å². The van der Waals surface area contributed by atoms with Gasteiger partial charge in [-0.2, -0.15) is 5.10 Å². The number of nitrogens with two attached hydrogens (primary N) is 1. The van der Waals surface area contributed by atoms with Crippen LogP contribution < -0.4 is 5.73 Å². The predicted molar refractivity (Wildman–Crippen MR) is 75.6 cm³/mol. The summed E-state index contributed by atoms with van der Waals surface area (Å²) in [5.41, 5.74) is 6.47. The second-order valence-electron chi connectivity index (χ2n) is 4.24. The summed E-state index contributed by atoms with van der Waals surface area (Å²) < 4.78 is 11.3. The van der Waals surface area contributed by atoms with Gasteiger partial charge in [-0.1, -0.05) is 0 Å². The van der Waals surface area contributed by atoms with Crippen molar-refractivity contribution in [1.29, 1.82) is 0 Å². The maximum absolute atomic E-state index is 12.4. The first-order chi connectivity index (χ1) is 9.16. The number of carbonyl (C=O) groups is 1. The lowest BCUT2D eigenvalue weighted by molar-refractivity contribution is 0.0777. The quantitative estimate of drug-likeness (QED) is 0.826. The van der Waals surface area contributed by atoms with Gasteiger partial charge < -0.3 is 10.6 Å². The molecule has 0 atom stereocenters. The highest BCUT2D eigenvalue weighted by atomic mass is 32.2. The minimum absolute atomic E-state index is 0.0998. The number of thiophene rings is 1. The SMILES string of the molecule is Nc1c(C(=O)N2CCS(=O)CC2)sc2nnccc12. The lowest BCUT2D eigenvalue weighted by atomic mass is 10.2. The molecule has 0 saturated carbocycles. The number of rotatable bonds is 1. The van der Waals surface area contributed by atoms with Crippen LogP contribution in [0.5, 0.6) is 0 Å². The van der Waals surface area contributed by atoms with Crippen molar-refractivity contribution >= 4 is 43.9 Å². The topological polar surface area (TPSA) is 89.2 Å². The van der Waals surface area contributed by atoms with E-state index in [4.69, 9.17) is 5.73 Å². The number of nitrogens with zero attached hydrogens (tertiary/aromatic N) is 3. The van der Waals surface area contributed by atoms with E-state index in [0.29, 0.717) is 40.0 Å². The molecule has 19 heavy (non-hydrogen) atoms. The summed E-state index contributed by atoms with van der Waals surface area (Å²) in [6.45, 7) is 1.04. The molecule has 1 fully saturated rings. The zero-order valence-electron chi connectivity index (χ0n) is 10.0. The van der Waals surface area contributed by atoms with E-state index in [-0.39, 0.29) is 5.91 Å². The van der Waals surface area contributed by atoms with Crippen LogP contribution >= 0.6 is 11.3 Å². The Morgan fingerprint density at radius 1 is 1.42 bits per heavy atom. The number of amides is 1. The van der Waals surface area contributed by atoms with E-state index < -0.39 is 10.8 Å². The first-order valence-corrected chi connectivity index (χ1v) is 8.11. The number of nitrogen functional groups attached to an aromatic ring is 1. The van der Waals surface area contributed by atoms with E-state index in [1.54, 1.807) is 17.2 Å². The molecular weight excluding hydrogens is 284 g/mol. The number of fused-ring (bicyclic) bond motifs is 1. The van der Waals surface area contributed by atoms with Gasteiger partial charge in [0.25, 0.3) is 5.91 Å². The summed E-state index contributed by atoms with van der Waals surface area (Å²) in [5.74, 6) is 0.976. The Kier molecular flexibility index (Phi) is 3.19. The normalized spacial score (nSPS) is 16.9. The Balaban J connectivity index is 1.93. The van der Waals surface area contributed by atoms with Gasteiger partial charge in [0.1, 0.15) is 9.71 Å². The van der Waals surface area contributed by atoms with Crippen LogP contribution in [-0.2, 0) is 10.8 Å². The van der Waals surface area contributed by atoms with Crippen molar-refractivity contribution in [2.24, 2.45) is 0 Å². The zero-order chi connectivity index (χ0) is 13.4. The number of anilines is 1. The molecule has 1 aliphatic rings. The van der Waals surface area contributed by atoms with Crippen molar-refractivity contribution in [3.63, 3.8) is 0 Å². The number of hydrogen-bond donors (Lipinski definition) is 1. The van der Waals surface area contributed by atoms with E-state index >= 15 is 0 Å². The molecule has 0 unspecified atom stereocenters. The Bertz CT molecular complexity index is 660. The van der Waals surface area contributed by atoms with Crippen molar-refractivity contribution in [3.05, 3.63) is 17.1 Å². The smallest absolute Gasteiger partial charge is 0.266 e. The van der Waals surface area contributed by atoms with Crippen LogP contribution in [-0.4, -0.2) is 49.8 Å². The third-order valence-corrected chi connectivity index (χ3v) is 5.45. The molecule has 0 radical (unpaired) electrons. The maximum Gasteiger partial charge on any atom is 0.266 e. The molecule has 2 aromatic rings. The second kappa shape index (κ2) is 4.86. The molecule has 0 aliphatic carbocycles. The number of aromatic nitrogens is 2. The van der Waals surface area contributed by atoms with Crippen LogP contribution in [0.3, 0.4) is 0 Å². The van der Waals surface area contributed by atoms with Crippen LogP contribution in [0, 0.1) is 0 Å². The van der Waals surface area contributed by atoms with E-state index in [0.717, 1.165) is 5.39 Å². The van der Waals surface area contributed by atoms with Gasteiger partial charge in [-0.25, -0.2) is 0 Å². The second-order valence-corrected chi connectivity index (χ2v) is 6.93. The van der Waals surface area contributed by atoms with E-state index in [1.165, 1.54) is 11.3 Å². The Labute approximate surface area is 116 Å². The highest BCUT2D eigenvalue weighted by Gasteiger charge is 2.25. The van der Waals surface area contributed by atoms with Crippen molar-refractivity contribution in [2.75, 3.05) is 30.3 Å². The molecule has 3 rings (SSSR count). The standard InChI is InChI=1S/C11H12N4O2S2/c12-8-7-1-2-13-14-10(7)18-9(8)11(16)15-3-5-19(17)6-4-15/h1-2H,3-6,12H2. The van der Waals surface area contributed by atoms with Crippen molar-refractivity contribution in [3.8, 4) is 0 Å².